The molecule has 0 aliphatic rings. The van der Waals surface area contributed by atoms with Crippen molar-refractivity contribution in [1.82, 2.24) is 0 Å². The van der Waals surface area contributed by atoms with Crippen molar-refractivity contribution < 1.29 is 27.6 Å². The SMILES string of the molecule is COc1cc(/C=N\Nc2ccc(C(F)(F)F)cc2[N+](=O)[O-])ccc1OCc1ccccc1Cl. The Labute approximate surface area is 191 Å². The van der Waals surface area contributed by atoms with Gasteiger partial charge in [0.05, 0.1) is 23.8 Å². The Bertz CT molecular complexity index is 1190. The summed E-state index contributed by atoms with van der Waals surface area (Å²) in [6.07, 6.45) is -3.36. The van der Waals surface area contributed by atoms with Crippen LogP contribution in [0.5, 0.6) is 11.5 Å². The molecule has 0 bridgehead atoms. The summed E-state index contributed by atoms with van der Waals surface area (Å²) in [5.74, 6) is 0.868. The summed E-state index contributed by atoms with van der Waals surface area (Å²) in [5, 5.41) is 15.6. The van der Waals surface area contributed by atoms with Crippen LogP contribution in [-0.2, 0) is 12.8 Å². The molecule has 0 atom stereocenters. The Morgan fingerprint density at radius 2 is 1.88 bits per heavy atom. The van der Waals surface area contributed by atoms with Crippen LogP contribution >= 0.6 is 11.6 Å². The molecule has 0 saturated carbocycles. The number of benzene rings is 3. The first-order chi connectivity index (χ1) is 15.7. The maximum atomic E-state index is 12.8. The van der Waals surface area contributed by atoms with Gasteiger partial charge in [-0.15, -0.1) is 0 Å². The first-order valence-electron chi connectivity index (χ1n) is 9.38. The number of nitro groups is 1. The highest BCUT2D eigenvalue weighted by atomic mass is 35.5. The molecule has 0 amide bonds. The minimum absolute atomic E-state index is 0.184. The summed E-state index contributed by atoms with van der Waals surface area (Å²) in [6.45, 7) is 0.225. The van der Waals surface area contributed by atoms with Crippen LogP contribution in [0.15, 0.2) is 65.8 Å². The number of nitrogens with zero attached hydrogens (tertiary/aromatic N) is 2. The van der Waals surface area contributed by atoms with Gasteiger partial charge in [0.15, 0.2) is 11.5 Å². The third kappa shape index (κ3) is 6.13. The fourth-order valence-corrected chi connectivity index (χ4v) is 2.97. The standard InChI is InChI=1S/C22H17ClF3N3O4/c1-32-21-10-14(6-9-20(21)33-13-15-4-2-3-5-17(15)23)12-27-28-18-8-7-16(22(24,25)26)11-19(18)29(30)31/h2-12,28H,13H2,1H3/b27-12-. The molecule has 33 heavy (non-hydrogen) atoms. The quantitative estimate of drug-likeness (QED) is 0.233. The zero-order valence-electron chi connectivity index (χ0n) is 17.1. The zero-order valence-corrected chi connectivity index (χ0v) is 17.9. The molecule has 3 aromatic carbocycles. The van der Waals surface area contributed by atoms with E-state index in [0.29, 0.717) is 28.2 Å². The summed E-state index contributed by atoms with van der Waals surface area (Å²) in [4.78, 5) is 10.2. The van der Waals surface area contributed by atoms with Crippen molar-refractivity contribution >= 4 is 29.2 Å². The molecule has 0 heterocycles. The Kier molecular flexibility index (Phi) is 7.39. The molecular weight excluding hydrogens is 463 g/mol. The smallest absolute Gasteiger partial charge is 0.416 e. The third-order valence-corrected chi connectivity index (χ3v) is 4.82. The molecule has 0 aliphatic carbocycles. The zero-order chi connectivity index (χ0) is 24.0. The molecule has 0 unspecified atom stereocenters. The highest BCUT2D eigenvalue weighted by molar-refractivity contribution is 6.31. The van der Waals surface area contributed by atoms with Crippen molar-refractivity contribution in [3.8, 4) is 11.5 Å². The maximum Gasteiger partial charge on any atom is 0.416 e. The molecule has 3 rings (SSSR count). The lowest BCUT2D eigenvalue weighted by Crippen LogP contribution is -2.06. The molecule has 11 heteroatoms. The lowest BCUT2D eigenvalue weighted by atomic mass is 10.1. The van der Waals surface area contributed by atoms with E-state index in [1.54, 1.807) is 24.3 Å². The maximum absolute atomic E-state index is 12.8. The number of halogens is 4. The largest absolute Gasteiger partial charge is 0.493 e. The van der Waals surface area contributed by atoms with E-state index in [9.17, 15) is 23.3 Å². The molecule has 3 aromatic rings. The molecule has 7 nitrogen and oxygen atoms in total. The van der Waals surface area contributed by atoms with E-state index >= 15 is 0 Å². The van der Waals surface area contributed by atoms with Gasteiger partial charge in [-0.1, -0.05) is 29.8 Å². The second kappa shape index (κ2) is 10.2. The number of anilines is 1. The Morgan fingerprint density at radius 1 is 1.12 bits per heavy atom. The molecule has 0 radical (unpaired) electrons. The normalized spacial score (nSPS) is 11.4. The van der Waals surface area contributed by atoms with Crippen molar-refractivity contribution in [3.05, 3.63) is 92.5 Å². The number of methoxy groups -OCH3 is 1. The molecule has 0 fully saturated rings. The van der Waals surface area contributed by atoms with Crippen molar-refractivity contribution in [1.29, 1.82) is 0 Å². The number of hydrazone groups is 1. The highest BCUT2D eigenvalue weighted by Gasteiger charge is 2.33. The van der Waals surface area contributed by atoms with E-state index in [1.807, 2.05) is 18.2 Å². The van der Waals surface area contributed by atoms with Crippen LogP contribution in [0.2, 0.25) is 5.02 Å². The van der Waals surface area contributed by atoms with Crippen LogP contribution in [0.4, 0.5) is 24.5 Å². The molecule has 0 saturated heterocycles. The molecule has 0 aromatic heterocycles. The van der Waals surface area contributed by atoms with Crippen molar-refractivity contribution in [3.63, 3.8) is 0 Å². The van der Waals surface area contributed by atoms with E-state index in [-0.39, 0.29) is 12.3 Å². The van der Waals surface area contributed by atoms with Gasteiger partial charge in [0.1, 0.15) is 12.3 Å². The number of nitro benzene ring substituents is 1. The van der Waals surface area contributed by atoms with Gasteiger partial charge >= 0.3 is 6.18 Å². The van der Waals surface area contributed by atoms with Gasteiger partial charge < -0.3 is 9.47 Å². The van der Waals surface area contributed by atoms with Gasteiger partial charge in [-0.2, -0.15) is 18.3 Å². The summed E-state index contributed by atoms with van der Waals surface area (Å²) >= 11 is 6.13. The van der Waals surface area contributed by atoms with E-state index < -0.39 is 22.4 Å². The second-order valence-corrected chi connectivity index (χ2v) is 7.05. The number of ether oxygens (including phenoxy) is 2. The Hall–Kier alpha value is -3.79. The van der Waals surface area contributed by atoms with Gasteiger partial charge in [-0.25, -0.2) is 0 Å². The molecule has 1 N–H and O–H groups in total. The number of nitrogens with one attached hydrogen (secondary N) is 1. The van der Waals surface area contributed by atoms with Crippen molar-refractivity contribution in [2.24, 2.45) is 5.10 Å². The summed E-state index contributed by atoms with van der Waals surface area (Å²) in [6, 6.07) is 14.3. The number of hydrogen-bond acceptors (Lipinski definition) is 6. The van der Waals surface area contributed by atoms with Crippen LogP contribution in [-0.4, -0.2) is 18.2 Å². The summed E-state index contributed by atoms with van der Waals surface area (Å²) < 4.78 is 49.5. The Morgan fingerprint density at radius 3 is 2.55 bits per heavy atom. The summed E-state index contributed by atoms with van der Waals surface area (Å²) in [5.41, 5.74) is 1.70. The van der Waals surface area contributed by atoms with Crippen LogP contribution in [0.3, 0.4) is 0 Å². The minimum Gasteiger partial charge on any atom is -0.493 e. The van der Waals surface area contributed by atoms with E-state index in [2.05, 4.69) is 10.5 Å². The number of rotatable bonds is 8. The average molecular weight is 480 g/mol. The van der Waals surface area contributed by atoms with Gasteiger partial charge in [-0.05, 0) is 42.0 Å². The molecule has 172 valence electrons. The van der Waals surface area contributed by atoms with Crippen molar-refractivity contribution in [2.45, 2.75) is 12.8 Å². The van der Waals surface area contributed by atoms with Crippen LogP contribution in [0.25, 0.3) is 0 Å². The van der Waals surface area contributed by atoms with Crippen molar-refractivity contribution in [2.75, 3.05) is 12.5 Å². The molecule has 0 aliphatic heterocycles. The number of alkyl halides is 3. The lowest BCUT2D eigenvalue weighted by molar-refractivity contribution is -0.384. The van der Waals surface area contributed by atoms with Gasteiger partial charge in [0, 0.05) is 16.7 Å². The van der Waals surface area contributed by atoms with E-state index in [4.69, 9.17) is 21.1 Å². The van der Waals surface area contributed by atoms with Crippen LogP contribution in [0.1, 0.15) is 16.7 Å². The Balaban J connectivity index is 1.73. The lowest BCUT2D eigenvalue weighted by Gasteiger charge is -2.12. The minimum atomic E-state index is -4.70. The molecular formula is C22H17ClF3N3O4. The molecule has 0 spiro atoms. The monoisotopic (exact) mass is 479 g/mol. The predicted octanol–water partition coefficient (Wildman–Crippen LogP) is 6.30. The highest BCUT2D eigenvalue weighted by Crippen LogP contribution is 2.35. The first kappa shape index (κ1) is 23.9. The van der Waals surface area contributed by atoms with E-state index in [1.165, 1.54) is 13.3 Å². The van der Waals surface area contributed by atoms with Gasteiger partial charge in [0.25, 0.3) is 5.69 Å². The van der Waals surface area contributed by atoms with Gasteiger partial charge in [0.2, 0.25) is 0 Å². The van der Waals surface area contributed by atoms with Gasteiger partial charge in [-0.3, -0.25) is 15.5 Å². The van der Waals surface area contributed by atoms with E-state index in [0.717, 1.165) is 17.7 Å². The fraction of sp³-hybridized carbons (Fsp3) is 0.136. The number of hydrogen-bond donors (Lipinski definition) is 1. The third-order valence-electron chi connectivity index (χ3n) is 4.45. The fourth-order valence-electron chi connectivity index (χ4n) is 2.78. The second-order valence-electron chi connectivity index (χ2n) is 6.65. The topological polar surface area (TPSA) is 86.0 Å². The van der Waals surface area contributed by atoms with Crippen LogP contribution in [0, 0.1) is 10.1 Å². The first-order valence-corrected chi connectivity index (χ1v) is 9.76. The van der Waals surface area contributed by atoms with Crippen LogP contribution < -0.4 is 14.9 Å². The summed E-state index contributed by atoms with van der Waals surface area (Å²) in [7, 11) is 1.46. The average Bonchev–Trinajstić information content (AvgIpc) is 2.78. The predicted molar refractivity (Wildman–Crippen MR) is 118 cm³/mol.